The highest BCUT2D eigenvalue weighted by atomic mass is 35.5. The molecule has 3 aromatic carbocycles. The molecule has 1 N–H and O–H groups in total. The SMILES string of the molecule is Cc1cccc(C(=O)NN(C(=O)c2ccccc2)C2CC(=O)N(c3ccc(Cl)c(Cl)c3)C2=O)c1. The van der Waals surface area contributed by atoms with Gasteiger partial charge < -0.3 is 0 Å². The molecule has 172 valence electrons. The van der Waals surface area contributed by atoms with Crippen LogP contribution in [0.25, 0.3) is 0 Å². The maximum absolute atomic E-state index is 13.4. The lowest BCUT2D eigenvalue weighted by Gasteiger charge is -2.28. The summed E-state index contributed by atoms with van der Waals surface area (Å²) in [7, 11) is 0. The molecule has 1 heterocycles. The van der Waals surface area contributed by atoms with E-state index in [1.54, 1.807) is 48.5 Å². The molecule has 1 fully saturated rings. The second-order valence-electron chi connectivity index (χ2n) is 7.74. The minimum absolute atomic E-state index is 0.174. The number of aryl methyl sites for hydroxylation is 1. The molecular formula is C25H19Cl2N3O4. The maximum Gasteiger partial charge on any atom is 0.273 e. The van der Waals surface area contributed by atoms with Crippen molar-refractivity contribution in [2.45, 2.75) is 19.4 Å². The third kappa shape index (κ3) is 4.66. The summed E-state index contributed by atoms with van der Waals surface area (Å²) in [5.41, 5.74) is 4.18. The van der Waals surface area contributed by atoms with Gasteiger partial charge in [0, 0.05) is 11.1 Å². The Labute approximate surface area is 205 Å². The van der Waals surface area contributed by atoms with Crippen molar-refractivity contribution >= 4 is 52.5 Å². The van der Waals surface area contributed by atoms with E-state index in [1.165, 1.54) is 18.2 Å². The van der Waals surface area contributed by atoms with Gasteiger partial charge in [-0.15, -0.1) is 0 Å². The first-order chi connectivity index (χ1) is 16.3. The van der Waals surface area contributed by atoms with Gasteiger partial charge in [0.2, 0.25) is 5.91 Å². The van der Waals surface area contributed by atoms with E-state index in [1.807, 2.05) is 13.0 Å². The van der Waals surface area contributed by atoms with Gasteiger partial charge in [0.1, 0.15) is 6.04 Å². The summed E-state index contributed by atoms with van der Waals surface area (Å²) in [5.74, 6) is -2.41. The minimum Gasteiger partial charge on any atom is -0.274 e. The number of imide groups is 1. The molecule has 1 unspecified atom stereocenters. The lowest BCUT2D eigenvalue weighted by molar-refractivity contribution is -0.122. The standard InChI is InChI=1S/C25H19Cl2N3O4/c1-15-6-5-9-17(12-15)23(32)28-30(24(33)16-7-3-2-4-8-16)21-14-22(31)29(25(21)34)18-10-11-19(26)20(27)13-18/h2-13,21H,14H2,1H3,(H,28,32). The van der Waals surface area contributed by atoms with Crippen molar-refractivity contribution in [2.24, 2.45) is 0 Å². The molecule has 4 amide bonds. The van der Waals surface area contributed by atoms with Crippen LogP contribution in [0.3, 0.4) is 0 Å². The van der Waals surface area contributed by atoms with Gasteiger partial charge in [0.05, 0.1) is 22.2 Å². The molecule has 0 bridgehead atoms. The first-order valence-corrected chi connectivity index (χ1v) is 11.1. The van der Waals surface area contributed by atoms with Crippen LogP contribution in [0.1, 0.15) is 32.7 Å². The number of amides is 4. The van der Waals surface area contributed by atoms with Crippen LogP contribution in [0.15, 0.2) is 72.8 Å². The third-order valence-corrected chi connectivity index (χ3v) is 6.08. The lowest BCUT2D eigenvalue weighted by Crippen LogP contribution is -2.54. The zero-order valence-corrected chi connectivity index (χ0v) is 19.5. The zero-order valence-electron chi connectivity index (χ0n) is 18.0. The number of halogens is 2. The fourth-order valence-corrected chi connectivity index (χ4v) is 3.96. The normalized spacial score (nSPS) is 15.4. The van der Waals surface area contributed by atoms with Gasteiger partial charge in [-0.2, -0.15) is 0 Å². The number of hydrogen-bond donors (Lipinski definition) is 1. The van der Waals surface area contributed by atoms with Crippen molar-refractivity contribution in [3.05, 3.63) is 99.5 Å². The van der Waals surface area contributed by atoms with Crippen LogP contribution in [-0.4, -0.2) is 34.7 Å². The molecule has 3 aromatic rings. The van der Waals surface area contributed by atoms with E-state index in [0.717, 1.165) is 15.5 Å². The van der Waals surface area contributed by atoms with E-state index >= 15 is 0 Å². The molecule has 1 aliphatic heterocycles. The summed E-state index contributed by atoms with van der Waals surface area (Å²) in [6.07, 6.45) is -0.314. The molecule has 9 heteroatoms. The average molecular weight is 496 g/mol. The Kier molecular flexibility index (Phi) is 6.68. The van der Waals surface area contributed by atoms with Gasteiger partial charge in [-0.05, 0) is 49.4 Å². The Morgan fingerprint density at radius 3 is 2.29 bits per heavy atom. The molecule has 1 aliphatic rings. The molecule has 0 spiro atoms. The van der Waals surface area contributed by atoms with Crippen molar-refractivity contribution in [2.75, 3.05) is 4.90 Å². The highest BCUT2D eigenvalue weighted by Gasteiger charge is 2.45. The quantitative estimate of drug-likeness (QED) is 0.428. The van der Waals surface area contributed by atoms with Gasteiger partial charge in [-0.25, -0.2) is 9.91 Å². The van der Waals surface area contributed by atoms with E-state index < -0.39 is 29.7 Å². The van der Waals surface area contributed by atoms with Gasteiger partial charge in [-0.3, -0.25) is 24.6 Å². The number of hydrogen-bond acceptors (Lipinski definition) is 4. The van der Waals surface area contributed by atoms with Crippen LogP contribution >= 0.6 is 23.2 Å². The Bertz CT molecular complexity index is 1300. The van der Waals surface area contributed by atoms with E-state index in [0.29, 0.717) is 5.56 Å². The summed E-state index contributed by atoms with van der Waals surface area (Å²) < 4.78 is 0. The Hall–Kier alpha value is -3.68. The first kappa shape index (κ1) is 23.5. The number of nitrogens with one attached hydrogen (secondary N) is 1. The Morgan fingerprint density at radius 2 is 1.62 bits per heavy atom. The zero-order chi connectivity index (χ0) is 24.4. The van der Waals surface area contributed by atoms with Crippen molar-refractivity contribution < 1.29 is 19.2 Å². The van der Waals surface area contributed by atoms with Gasteiger partial charge in [-0.1, -0.05) is 59.1 Å². The number of carbonyl (C=O) groups is 4. The first-order valence-electron chi connectivity index (χ1n) is 10.3. The predicted octanol–water partition coefficient (Wildman–Crippen LogP) is 4.42. The van der Waals surface area contributed by atoms with E-state index in [2.05, 4.69) is 5.43 Å². The molecule has 0 saturated carbocycles. The van der Waals surface area contributed by atoms with Crippen molar-refractivity contribution in [3.63, 3.8) is 0 Å². The van der Waals surface area contributed by atoms with Crippen LogP contribution in [0.5, 0.6) is 0 Å². The summed E-state index contributed by atoms with van der Waals surface area (Å²) >= 11 is 12.0. The van der Waals surface area contributed by atoms with Gasteiger partial charge >= 0.3 is 0 Å². The molecule has 0 aromatic heterocycles. The van der Waals surface area contributed by atoms with Crippen LogP contribution in [0, 0.1) is 6.92 Å². The molecule has 4 rings (SSSR count). The predicted molar refractivity (Wildman–Crippen MR) is 129 cm³/mol. The molecule has 0 aliphatic carbocycles. The number of carbonyl (C=O) groups excluding carboxylic acids is 4. The van der Waals surface area contributed by atoms with E-state index in [9.17, 15) is 19.2 Å². The highest BCUT2D eigenvalue weighted by Crippen LogP contribution is 2.31. The monoisotopic (exact) mass is 495 g/mol. The summed E-state index contributed by atoms with van der Waals surface area (Å²) in [5, 5.41) is 1.37. The van der Waals surface area contributed by atoms with Crippen LogP contribution in [0.4, 0.5) is 5.69 Å². The van der Waals surface area contributed by atoms with Crippen molar-refractivity contribution in [1.29, 1.82) is 0 Å². The summed E-state index contributed by atoms with van der Waals surface area (Å²) in [6.45, 7) is 1.83. The van der Waals surface area contributed by atoms with Gasteiger partial charge in [0.25, 0.3) is 17.7 Å². The van der Waals surface area contributed by atoms with E-state index in [-0.39, 0.29) is 27.7 Å². The van der Waals surface area contributed by atoms with Crippen LogP contribution in [0.2, 0.25) is 10.0 Å². The smallest absolute Gasteiger partial charge is 0.273 e. The molecule has 0 radical (unpaired) electrons. The Morgan fingerprint density at radius 1 is 0.912 bits per heavy atom. The van der Waals surface area contributed by atoms with E-state index in [4.69, 9.17) is 23.2 Å². The molecular weight excluding hydrogens is 477 g/mol. The maximum atomic E-state index is 13.4. The molecule has 1 saturated heterocycles. The number of nitrogens with zero attached hydrogens (tertiary/aromatic N) is 2. The molecule has 1 atom stereocenters. The molecule has 34 heavy (non-hydrogen) atoms. The average Bonchev–Trinajstić information content (AvgIpc) is 3.12. The van der Waals surface area contributed by atoms with Gasteiger partial charge in [0.15, 0.2) is 0 Å². The fourth-order valence-electron chi connectivity index (χ4n) is 3.66. The highest BCUT2D eigenvalue weighted by molar-refractivity contribution is 6.42. The summed E-state index contributed by atoms with van der Waals surface area (Å²) in [4.78, 5) is 53.4. The fraction of sp³-hybridized carbons (Fsp3) is 0.120. The second-order valence-corrected chi connectivity index (χ2v) is 8.55. The van der Waals surface area contributed by atoms with Crippen LogP contribution < -0.4 is 10.3 Å². The third-order valence-electron chi connectivity index (χ3n) is 5.34. The largest absolute Gasteiger partial charge is 0.274 e. The minimum atomic E-state index is -1.25. The number of hydrazine groups is 1. The second kappa shape index (κ2) is 9.67. The summed E-state index contributed by atoms with van der Waals surface area (Å²) in [6, 6.07) is 18.1. The topological polar surface area (TPSA) is 86.8 Å². The molecule has 7 nitrogen and oxygen atoms in total. The number of anilines is 1. The van der Waals surface area contributed by atoms with Crippen LogP contribution in [-0.2, 0) is 9.59 Å². The van der Waals surface area contributed by atoms with Crippen molar-refractivity contribution in [1.82, 2.24) is 10.4 Å². The Balaban J connectivity index is 1.68. The lowest BCUT2D eigenvalue weighted by atomic mass is 10.1. The number of rotatable bonds is 4. The van der Waals surface area contributed by atoms with Crippen molar-refractivity contribution in [3.8, 4) is 0 Å². The number of benzene rings is 3.